The van der Waals surface area contributed by atoms with Crippen LogP contribution in [0, 0.1) is 5.82 Å². The summed E-state index contributed by atoms with van der Waals surface area (Å²) in [4.78, 5) is 12.9. The molecule has 1 aromatic heterocycles. The minimum atomic E-state index is -3.44. The van der Waals surface area contributed by atoms with Crippen LogP contribution in [0.3, 0.4) is 0 Å². The van der Waals surface area contributed by atoms with Crippen molar-refractivity contribution in [2.45, 2.75) is 12.5 Å². The molecule has 9 heteroatoms. The number of nitrogens with one attached hydrogen (secondary N) is 1. The van der Waals surface area contributed by atoms with Gasteiger partial charge in [-0.2, -0.15) is 5.10 Å². The molecule has 1 aliphatic rings. The lowest BCUT2D eigenvalue weighted by molar-refractivity contribution is 0.0678. The van der Waals surface area contributed by atoms with E-state index >= 15 is 0 Å². The molecule has 30 heavy (non-hydrogen) atoms. The number of amides is 1. The quantitative estimate of drug-likeness (QED) is 0.671. The van der Waals surface area contributed by atoms with Crippen molar-refractivity contribution in [1.29, 1.82) is 0 Å². The van der Waals surface area contributed by atoms with Gasteiger partial charge in [-0.1, -0.05) is 24.3 Å². The zero-order valence-corrected chi connectivity index (χ0v) is 16.8. The maximum Gasteiger partial charge on any atom is 0.310 e. The zero-order valence-electron chi connectivity index (χ0n) is 15.9. The number of furan rings is 1. The summed E-state index contributed by atoms with van der Waals surface area (Å²) in [6, 6.07) is 15.4. The van der Waals surface area contributed by atoms with E-state index in [0.29, 0.717) is 28.9 Å². The van der Waals surface area contributed by atoms with Gasteiger partial charge in [0.25, 0.3) is 0 Å². The van der Waals surface area contributed by atoms with E-state index in [2.05, 4.69) is 9.82 Å². The standard InChI is InChI=1S/C21H18FN3O4S/c1-30(27,28)24-17-8-3-5-14(12-17)18-13-19(15-6-2-7-16(22)11-15)25(23-18)21(26)20-9-4-10-29-20/h2-12,19,24H,13H2,1H3. The number of carbonyl (C=O) groups is 1. The summed E-state index contributed by atoms with van der Waals surface area (Å²) in [5, 5.41) is 5.76. The second-order valence-corrected chi connectivity index (χ2v) is 8.65. The molecular formula is C21H18FN3O4S. The minimum absolute atomic E-state index is 0.119. The first-order valence-corrected chi connectivity index (χ1v) is 11.0. The summed E-state index contributed by atoms with van der Waals surface area (Å²) in [5.74, 6) is -0.741. The Morgan fingerprint density at radius 1 is 1.17 bits per heavy atom. The van der Waals surface area contributed by atoms with Gasteiger partial charge in [-0.25, -0.2) is 17.8 Å². The van der Waals surface area contributed by atoms with E-state index in [1.807, 2.05) is 0 Å². The fourth-order valence-corrected chi connectivity index (χ4v) is 3.89. The Kier molecular flexibility index (Phi) is 5.13. The predicted octanol–water partition coefficient (Wildman–Crippen LogP) is 3.78. The van der Waals surface area contributed by atoms with Crippen molar-refractivity contribution < 1.29 is 22.0 Å². The molecule has 1 N–H and O–H groups in total. The Hall–Kier alpha value is -3.46. The summed E-state index contributed by atoms with van der Waals surface area (Å²) in [7, 11) is -3.44. The topological polar surface area (TPSA) is 92.0 Å². The van der Waals surface area contributed by atoms with Crippen molar-refractivity contribution in [2.24, 2.45) is 5.10 Å². The van der Waals surface area contributed by atoms with E-state index in [1.165, 1.54) is 29.5 Å². The average Bonchev–Trinajstić information content (AvgIpc) is 3.37. The van der Waals surface area contributed by atoms with E-state index < -0.39 is 27.8 Å². The first kappa shape index (κ1) is 19.8. The van der Waals surface area contributed by atoms with Crippen molar-refractivity contribution in [3.05, 3.63) is 89.6 Å². The van der Waals surface area contributed by atoms with E-state index in [-0.39, 0.29) is 5.76 Å². The summed E-state index contributed by atoms with van der Waals surface area (Å²) in [6.07, 6.45) is 2.79. The molecule has 1 aliphatic heterocycles. The summed E-state index contributed by atoms with van der Waals surface area (Å²) in [5.41, 5.74) is 2.20. The third kappa shape index (κ3) is 4.25. The third-order valence-corrected chi connectivity index (χ3v) is 5.19. The highest BCUT2D eigenvalue weighted by Gasteiger charge is 2.35. The molecular weight excluding hydrogens is 409 g/mol. The highest BCUT2D eigenvalue weighted by Crippen LogP contribution is 2.34. The smallest absolute Gasteiger partial charge is 0.310 e. The number of hydrogen-bond donors (Lipinski definition) is 1. The van der Waals surface area contributed by atoms with Crippen molar-refractivity contribution in [3.63, 3.8) is 0 Å². The molecule has 1 unspecified atom stereocenters. The molecule has 3 aromatic rings. The van der Waals surface area contributed by atoms with Crippen LogP contribution in [-0.2, 0) is 10.0 Å². The predicted molar refractivity (Wildman–Crippen MR) is 110 cm³/mol. The van der Waals surface area contributed by atoms with Gasteiger partial charge >= 0.3 is 5.91 Å². The van der Waals surface area contributed by atoms with Crippen LogP contribution < -0.4 is 4.72 Å². The molecule has 0 radical (unpaired) electrons. The maximum absolute atomic E-state index is 13.8. The largest absolute Gasteiger partial charge is 0.459 e. The summed E-state index contributed by atoms with van der Waals surface area (Å²) in [6.45, 7) is 0. The van der Waals surface area contributed by atoms with Crippen LogP contribution in [-0.4, -0.2) is 31.3 Å². The fraction of sp³-hybridized carbons (Fsp3) is 0.143. The second kappa shape index (κ2) is 7.75. The van der Waals surface area contributed by atoms with Gasteiger partial charge in [0.2, 0.25) is 10.0 Å². The van der Waals surface area contributed by atoms with Crippen LogP contribution in [0.25, 0.3) is 0 Å². The molecule has 0 spiro atoms. The van der Waals surface area contributed by atoms with E-state index in [0.717, 1.165) is 6.26 Å². The third-order valence-electron chi connectivity index (χ3n) is 4.58. The molecule has 0 saturated heterocycles. The highest BCUT2D eigenvalue weighted by molar-refractivity contribution is 7.92. The fourth-order valence-electron chi connectivity index (χ4n) is 3.34. The summed E-state index contributed by atoms with van der Waals surface area (Å²) >= 11 is 0. The molecule has 1 amide bonds. The number of carbonyl (C=O) groups excluding carboxylic acids is 1. The molecule has 0 bridgehead atoms. The lowest BCUT2D eigenvalue weighted by atomic mass is 9.98. The van der Waals surface area contributed by atoms with Crippen LogP contribution in [0.5, 0.6) is 0 Å². The minimum Gasteiger partial charge on any atom is -0.459 e. The normalized spacial score (nSPS) is 16.4. The van der Waals surface area contributed by atoms with Crippen molar-refractivity contribution in [3.8, 4) is 0 Å². The molecule has 2 heterocycles. The number of nitrogens with zero attached hydrogens (tertiary/aromatic N) is 2. The second-order valence-electron chi connectivity index (χ2n) is 6.90. The Morgan fingerprint density at radius 2 is 1.97 bits per heavy atom. The first-order valence-electron chi connectivity index (χ1n) is 9.08. The van der Waals surface area contributed by atoms with E-state index in [4.69, 9.17) is 4.42 Å². The molecule has 1 atom stereocenters. The van der Waals surface area contributed by atoms with Crippen molar-refractivity contribution in [2.75, 3.05) is 11.0 Å². The van der Waals surface area contributed by atoms with E-state index in [9.17, 15) is 17.6 Å². The molecule has 0 fully saturated rings. The SMILES string of the molecule is CS(=O)(=O)Nc1cccc(C2=NN(C(=O)c3ccco3)C(c3cccc(F)c3)C2)c1. The Balaban J connectivity index is 1.72. The lowest BCUT2D eigenvalue weighted by Crippen LogP contribution is -2.26. The van der Waals surface area contributed by atoms with Crippen molar-refractivity contribution in [1.82, 2.24) is 5.01 Å². The molecule has 0 aliphatic carbocycles. The molecule has 154 valence electrons. The number of hydrazone groups is 1. The van der Waals surface area contributed by atoms with Crippen LogP contribution in [0.1, 0.15) is 34.1 Å². The number of anilines is 1. The van der Waals surface area contributed by atoms with Gasteiger partial charge in [0.05, 0.1) is 24.3 Å². The van der Waals surface area contributed by atoms with Gasteiger partial charge in [0.1, 0.15) is 5.82 Å². The van der Waals surface area contributed by atoms with Gasteiger partial charge < -0.3 is 4.42 Å². The highest BCUT2D eigenvalue weighted by atomic mass is 32.2. The molecule has 2 aromatic carbocycles. The van der Waals surface area contributed by atoms with Crippen molar-refractivity contribution >= 4 is 27.3 Å². The lowest BCUT2D eigenvalue weighted by Gasteiger charge is -2.21. The molecule has 7 nitrogen and oxygen atoms in total. The van der Waals surface area contributed by atoms with Gasteiger partial charge in [-0.3, -0.25) is 9.52 Å². The molecule has 4 rings (SSSR count). The first-order chi connectivity index (χ1) is 14.3. The number of halogens is 1. The number of rotatable bonds is 5. The monoisotopic (exact) mass is 427 g/mol. The Bertz CT molecular complexity index is 1220. The van der Waals surface area contributed by atoms with Gasteiger partial charge in [0, 0.05) is 12.1 Å². The number of sulfonamides is 1. The zero-order chi connectivity index (χ0) is 21.3. The van der Waals surface area contributed by atoms with Crippen LogP contribution in [0.4, 0.5) is 10.1 Å². The Labute approximate surface area is 172 Å². The van der Waals surface area contributed by atoms with Gasteiger partial charge in [0.15, 0.2) is 5.76 Å². The van der Waals surface area contributed by atoms with Gasteiger partial charge in [-0.15, -0.1) is 0 Å². The number of benzene rings is 2. The average molecular weight is 427 g/mol. The van der Waals surface area contributed by atoms with Crippen LogP contribution in [0.15, 0.2) is 76.4 Å². The van der Waals surface area contributed by atoms with Gasteiger partial charge in [-0.05, 0) is 47.5 Å². The van der Waals surface area contributed by atoms with Crippen LogP contribution in [0.2, 0.25) is 0 Å². The van der Waals surface area contributed by atoms with E-state index in [1.54, 1.807) is 42.5 Å². The number of hydrogen-bond acceptors (Lipinski definition) is 5. The maximum atomic E-state index is 13.8. The Morgan fingerprint density at radius 3 is 2.67 bits per heavy atom. The molecule has 0 saturated carbocycles. The summed E-state index contributed by atoms with van der Waals surface area (Å²) < 4.78 is 44.5. The van der Waals surface area contributed by atoms with Crippen LogP contribution >= 0.6 is 0 Å².